The van der Waals surface area contributed by atoms with Gasteiger partial charge in [-0.25, -0.2) is 0 Å². The van der Waals surface area contributed by atoms with Gasteiger partial charge in [0.2, 0.25) is 0 Å². The number of Topliss-reactive ketones (excluding diaryl/α,β-unsaturated/α-hetero) is 1. The fourth-order valence-corrected chi connectivity index (χ4v) is 2.48. The summed E-state index contributed by atoms with van der Waals surface area (Å²) in [6.07, 6.45) is 5.06. The third kappa shape index (κ3) is 1.52. The first kappa shape index (κ1) is 11.1. The maximum Gasteiger partial charge on any atom is 0.190 e. The van der Waals surface area contributed by atoms with Crippen molar-refractivity contribution in [2.24, 2.45) is 0 Å². The lowest BCUT2D eigenvalue weighted by Gasteiger charge is -2.37. The summed E-state index contributed by atoms with van der Waals surface area (Å²) in [6, 6.07) is 0. The van der Waals surface area contributed by atoms with Crippen LogP contribution in [-0.4, -0.2) is 36.4 Å². The van der Waals surface area contributed by atoms with Crippen molar-refractivity contribution >= 4 is 5.78 Å². The molecule has 0 bridgehead atoms. The van der Waals surface area contributed by atoms with E-state index in [-0.39, 0.29) is 11.3 Å². The minimum atomic E-state index is -0.389. The van der Waals surface area contributed by atoms with Gasteiger partial charge < -0.3 is 10.2 Å². The van der Waals surface area contributed by atoms with Gasteiger partial charge in [-0.05, 0) is 26.0 Å². The molecule has 1 spiro atoms. The number of ketones is 1. The molecule has 2 aliphatic rings. The van der Waals surface area contributed by atoms with E-state index in [4.69, 9.17) is 0 Å². The molecule has 2 rings (SSSR count). The number of nitrogens with zero attached hydrogens (tertiary/aromatic N) is 1. The van der Waals surface area contributed by atoms with Gasteiger partial charge in [0, 0.05) is 24.4 Å². The van der Waals surface area contributed by atoms with Gasteiger partial charge in [-0.1, -0.05) is 19.2 Å². The average molecular weight is 218 g/mol. The Morgan fingerprint density at radius 3 is 2.38 bits per heavy atom. The first-order valence-electron chi connectivity index (χ1n) is 5.63. The molecule has 0 aliphatic carbocycles. The number of nitrogens with one attached hydrogen (secondary N) is 1. The van der Waals surface area contributed by atoms with E-state index in [1.54, 1.807) is 12.2 Å². The van der Waals surface area contributed by atoms with Crippen molar-refractivity contribution in [3.8, 4) is 0 Å². The lowest BCUT2D eigenvalue weighted by Crippen LogP contribution is -2.53. The first-order chi connectivity index (χ1) is 7.63. The van der Waals surface area contributed by atoms with Crippen LogP contribution in [0.25, 0.3) is 0 Å². The molecule has 1 N–H and O–H groups in total. The molecule has 0 radical (unpaired) electrons. The number of piperidine rings is 1. The van der Waals surface area contributed by atoms with Crippen LogP contribution in [0.4, 0.5) is 0 Å². The number of hydrogen-bond donors (Lipinski definition) is 1. The molecule has 1 saturated heterocycles. The van der Waals surface area contributed by atoms with E-state index < -0.39 is 0 Å². The third-order valence-corrected chi connectivity index (χ3v) is 3.59. The summed E-state index contributed by atoms with van der Waals surface area (Å²) in [5.74, 6) is 0.186. The van der Waals surface area contributed by atoms with Crippen molar-refractivity contribution in [1.82, 2.24) is 10.2 Å². The average Bonchev–Trinajstić information content (AvgIpc) is 2.56. The largest absolute Gasteiger partial charge is 0.372 e. The van der Waals surface area contributed by atoms with Crippen molar-refractivity contribution in [3.05, 3.63) is 36.6 Å². The van der Waals surface area contributed by atoms with Gasteiger partial charge in [0.1, 0.15) is 5.54 Å². The Hall–Kier alpha value is -1.35. The minimum Gasteiger partial charge on any atom is -0.372 e. The van der Waals surface area contributed by atoms with Gasteiger partial charge in [-0.15, -0.1) is 0 Å². The number of likely N-dealkylation sites (tertiary alicyclic amines) is 1. The molecule has 16 heavy (non-hydrogen) atoms. The van der Waals surface area contributed by atoms with Gasteiger partial charge >= 0.3 is 0 Å². The fraction of sp³-hybridized carbons (Fsp3) is 0.462. The summed E-state index contributed by atoms with van der Waals surface area (Å²) in [7, 11) is 2.09. The van der Waals surface area contributed by atoms with E-state index in [2.05, 4.69) is 30.4 Å². The van der Waals surface area contributed by atoms with Gasteiger partial charge in [0.05, 0.1) is 0 Å². The molecule has 3 nitrogen and oxygen atoms in total. The number of carbonyl (C=O) groups is 1. The van der Waals surface area contributed by atoms with Crippen LogP contribution in [0.3, 0.4) is 0 Å². The number of hydrogen-bond acceptors (Lipinski definition) is 3. The van der Waals surface area contributed by atoms with Gasteiger partial charge in [0.25, 0.3) is 0 Å². The number of allylic oxidation sites excluding steroid dienone is 2. The lowest BCUT2D eigenvalue weighted by atomic mass is 9.83. The Labute approximate surface area is 96.5 Å². The van der Waals surface area contributed by atoms with Crippen LogP contribution < -0.4 is 5.32 Å². The van der Waals surface area contributed by atoms with E-state index in [1.807, 2.05) is 0 Å². The predicted octanol–water partition coefficient (Wildman–Crippen LogP) is 1.25. The van der Waals surface area contributed by atoms with E-state index in [0.717, 1.165) is 31.6 Å². The summed E-state index contributed by atoms with van der Waals surface area (Å²) in [5.41, 5.74) is 1.14. The highest BCUT2D eigenvalue weighted by atomic mass is 16.1. The monoisotopic (exact) mass is 218 g/mol. The molecule has 0 unspecified atom stereocenters. The second-order valence-corrected chi connectivity index (χ2v) is 4.58. The maximum absolute atomic E-state index is 12.3. The van der Waals surface area contributed by atoms with Crippen molar-refractivity contribution in [2.45, 2.75) is 18.4 Å². The maximum atomic E-state index is 12.3. The molecule has 0 aromatic heterocycles. The minimum absolute atomic E-state index is 0.186. The van der Waals surface area contributed by atoms with Crippen LogP contribution in [0.1, 0.15) is 12.8 Å². The molecule has 86 valence electrons. The number of rotatable bonds is 2. The van der Waals surface area contributed by atoms with Crippen LogP contribution in [-0.2, 0) is 4.79 Å². The van der Waals surface area contributed by atoms with E-state index in [0.29, 0.717) is 5.57 Å². The molecule has 0 aromatic carbocycles. The molecular formula is C13H18N2O. The zero-order valence-electron chi connectivity index (χ0n) is 9.75. The second-order valence-electron chi connectivity index (χ2n) is 4.58. The van der Waals surface area contributed by atoms with Crippen LogP contribution in [0.15, 0.2) is 36.6 Å². The van der Waals surface area contributed by atoms with Crippen molar-refractivity contribution in [1.29, 1.82) is 0 Å². The van der Waals surface area contributed by atoms with Crippen molar-refractivity contribution in [3.63, 3.8) is 0 Å². The Morgan fingerprint density at radius 2 is 1.94 bits per heavy atom. The molecule has 2 heterocycles. The van der Waals surface area contributed by atoms with Crippen molar-refractivity contribution in [2.75, 3.05) is 20.1 Å². The molecule has 0 saturated carbocycles. The highest BCUT2D eigenvalue weighted by Gasteiger charge is 2.46. The van der Waals surface area contributed by atoms with E-state index in [9.17, 15) is 4.79 Å². The second kappa shape index (κ2) is 3.91. The highest BCUT2D eigenvalue weighted by molar-refractivity contribution is 6.08. The zero-order valence-corrected chi connectivity index (χ0v) is 9.75. The van der Waals surface area contributed by atoms with Crippen LogP contribution in [0.5, 0.6) is 0 Å². The summed E-state index contributed by atoms with van der Waals surface area (Å²) in [5, 5.41) is 3.34. The van der Waals surface area contributed by atoms with Crippen LogP contribution >= 0.6 is 0 Å². The highest BCUT2D eigenvalue weighted by Crippen LogP contribution is 2.33. The third-order valence-electron chi connectivity index (χ3n) is 3.59. The lowest BCUT2D eigenvalue weighted by molar-refractivity contribution is -0.121. The molecular weight excluding hydrogens is 200 g/mol. The summed E-state index contributed by atoms with van der Waals surface area (Å²) in [6.45, 7) is 9.35. The SMILES string of the molecule is C=CC1=C(C=C)C(=O)C2(CCN(C)CC2)N1. The Balaban J connectivity index is 2.26. The van der Waals surface area contributed by atoms with Gasteiger partial charge in [-0.3, -0.25) is 4.79 Å². The topological polar surface area (TPSA) is 32.3 Å². The fourth-order valence-electron chi connectivity index (χ4n) is 2.48. The molecule has 0 atom stereocenters. The Morgan fingerprint density at radius 1 is 1.31 bits per heavy atom. The molecule has 1 fully saturated rings. The zero-order chi connectivity index (χ0) is 11.8. The Bertz CT molecular complexity index is 373. The predicted molar refractivity (Wildman–Crippen MR) is 65.0 cm³/mol. The van der Waals surface area contributed by atoms with E-state index in [1.165, 1.54) is 0 Å². The summed E-state index contributed by atoms with van der Waals surface area (Å²) < 4.78 is 0. The molecule has 3 heteroatoms. The van der Waals surface area contributed by atoms with Gasteiger partial charge in [-0.2, -0.15) is 0 Å². The standard InChI is InChI=1S/C13H18N2O/c1-4-10-11(5-2)14-13(12(10)16)6-8-15(3)9-7-13/h4-5,14H,1-2,6-9H2,3H3. The van der Waals surface area contributed by atoms with Crippen molar-refractivity contribution < 1.29 is 4.79 Å². The molecule has 0 aromatic rings. The molecule has 0 amide bonds. The molecule has 2 aliphatic heterocycles. The summed E-state index contributed by atoms with van der Waals surface area (Å²) in [4.78, 5) is 14.6. The summed E-state index contributed by atoms with van der Waals surface area (Å²) >= 11 is 0. The smallest absolute Gasteiger partial charge is 0.190 e. The van der Waals surface area contributed by atoms with Crippen LogP contribution in [0, 0.1) is 0 Å². The first-order valence-corrected chi connectivity index (χ1v) is 5.63. The van der Waals surface area contributed by atoms with Gasteiger partial charge in [0.15, 0.2) is 5.78 Å². The van der Waals surface area contributed by atoms with E-state index >= 15 is 0 Å². The quantitative estimate of drug-likeness (QED) is 0.757. The van der Waals surface area contributed by atoms with Crippen LogP contribution in [0.2, 0.25) is 0 Å². The normalized spacial score (nSPS) is 24.7. The Kier molecular flexibility index (Phi) is 2.72. The number of carbonyl (C=O) groups excluding carboxylic acids is 1.